The molecule has 15 heavy (non-hydrogen) atoms. The Kier molecular flexibility index (Phi) is 1.73. The highest BCUT2D eigenvalue weighted by Gasteiger charge is 2.70. The largest absolute Gasteiger partial charge is 0.196 e. The van der Waals surface area contributed by atoms with Gasteiger partial charge in [0.2, 0.25) is 0 Å². The SMILES string of the molecule is N#CC1(C#N)C2CCC(C2)C1(C#N)C#N. The van der Waals surface area contributed by atoms with Gasteiger partial charge < -0.3 is 0 Å². The van der Waals surface area contributed by atoms with E-state index in [4.69, 9.17) is 21.0 Å². The first-order valence-corrected chi connectivity index (χ1v) is 4.85. The summed E-state index contributed by atoms with van der Waals surface area (Å²) in [7, 11) is 0. The minimum atomic E-state index is -1.40. The molecular weight excluding hydrogens is 188 g/mol. The van der Waals surface area contributed by atoms with E-state index in [0.717, 1.165) is 12.8 Å². The predicted octanol–water partition coefficient (Wildman–Crippen LogP) is 1.48. The summed E-state index contributed by atoms with van der Waals surface area (Å²) < 4.78 is 0. The second-order valence-electron chi connectivity index (χ2n) is 4.27. The highest BCUT2D eigenvalue weighted by atomic mass is 14.7. The summed E-state index contributed by atoms with van der Waals surface area (Å²) in [5, 5.41) is 36.6. The Morgan fingerprint density at radius 1 is 0.733 bits per heavy atom. The third-order valence-corrected chi connectivity index (χ3v) is 3.98. The summed E-state index contributed by atoms with van der Waals surface area (Å²) in [6.07, 6.45) is 2.25. The van der Waals surface area contributed by atoms with Crippen molar-refractivity contribution >= 4 is 0 Å². The number of nitriles is 4. The lowest BCUT2D eigenvalue weighted by molar-refractivity contribution is 0.188. The van der Waals surface area contributed by atoms with Crippen LogP contribution in [0.3, 0.4) is 0 Å². The molecule has 0 radical (unpaired) electrons. The number of rotatable bonds is 0. The van der Waals surface area contributed by atoms with Crippen LogP contribution >= 0.6 is 0 Å². The monoisotopic (exact) mass is 196 g/mol. The normalized spacial score (nSPS) is 33.3. The van der Waals surface area contributed by atoms with Gasteiger partial charge in [0.05, 0.1) is 24.3 Å². The van der Waals surface area contributed by atoms with Crippen molar-refractivity contribution in [2.24, 2.45) is 22.7 Å². The molecule has 2 unspecified atom stereocenters. The van der Waals surface area contributed by atoms with Gasteiger partial charge in [-0.05, 0) is 31.1 Å². The van der Waals surface area contributed by atoms with Gasteiger partial charge in [0.15, 0.2) is 10.8 Å². The lowest BCUT2D eigenvalue weighted by Crippen LogP contribution is -2.43. The molecule has 4 nitrogen and oxygen atoms in total. The van der Waals surface area contributed by atoms with Crippen molar-refractivity contribution in [3.8, 4) is 24.3 Å². The number of nitrogens with zero attached hydrogens (tertiary/aromatic N) is 4. The third-order valence-electron chi connectivity index (χ3n) is 3.98. The van der Waals surface area contributed by atoms with Crippen LogP contribution in [0, 0.1) is 68.0 Å². The summed E-state index contributed by atoms with van der Waals surface area (Å²) in [5.74, 6) is -0.200. The predicted molar refractivity (Wildman–Crippen MR) is 48.1 cm³/mol. The standard InChI is InChI=1S/C11H8N4/c12-4-10(5-13)8-1-2-9(3-8)11(10,6-14)7-15/h8-9H,1-3H2. The van der Waals surface area contributed by atoms with Crippen molar-refractivity contribution in [3.63, 3.8) is 0 Å². The van der Waals surface area contributed by atoms with Crippen molar-refractivity contribution < 1.29 is 0 Å². The molecule has 0 aromatic rings. The van der Waals surface area contributed by atoms with E-state index in [-0.39, 0.29) is 11.8 Å². The fourth-order valence-electron chi connectivity index (χ4n) is 3.18. The van der Waals surface area contributed by atoms with Gasteiger partial charge in [-0.15, -0.1) is 0 Å². The molecule has 2 aliphatic carbocycles. The van der Waals surface area contributed by atoms with Crippen LogP contribution in [0.2, 0.25) is 0 Å². The van der Waals surface area contributed by atoms with Gasteiger partial charge in [-0.2, -0.15) is 21.0 Å². The average molecular weight is 196 g/mol. The Hall–Kier alpha value is -2.04. The first kappa shape index (κ1) is 9.51. The zero-order valence-electron chi connectivity index (χ0n) is 8.06. The Labute approximate surface area is 87.9 Å². The van der Waals surface area contributed by atoms with Gasteiger partial charge in [0.25, 0.3) is 0 Å². The molecule has 2 atom stereocenters. The van der Waals surface area contributed by atoms with E-state index < -0.39 is 10.8 Å². The van der Waals surface area contributed by atoms with Gasteiger partial charge in [0.1, 0.15) is 0 Å². The maximum absolute atomic E-state index is 9.16. The summed E-state index contributed by atoms with van der Waals surface area (Å²) in [6.45, 7) is 0. The zero-order valence-corrected chi connectivity index (χ0v) is 8.06. The topological polar surface area (TPSA) is 95.2 Å². The first-order valence-electron chi connectivity index (χ1n) is 4.85. The van der Waals surface area contributed by atoms with Crippen molar-refractivity contribution in [1.82, 2.24) is 0 Å². The molecule has 2 rings (SSSR count). The zero-order chi connectivity index (χ0) is 11.1. The van der Waals surface area contributed by atoms with Crippen LogP contribution in [0.4, 0.5) is 0 Å². The van der Waals surface area contributed by atoms with Crippen molar-refractivity contribution in [1.29, 1.82) is 21.0 Å². The second kappa shape index (κ2) is 2.73. The molecule has 0 aromatic carbocycles. The highest BCUT2D eigenvalue weighted by molar-refractivity contribution is 5.41. The van der Waals surface area contributed by atoms with Gasteiger partial charge in [0, 0.05) is 0 Å². The fourth-order valence-corrected chi connectivity index (χ4v) is 3.18. The Morgan fingerprint density at radius 2 is 1.07 bits per heavy atom. The molecule has 2 saturated carbocycles. The fraction of sp³-hybridized carbons (Fsp3) is 0.636. The number of hydrogen-bond acceptors (Lipinski definition) is 4. The van der Waals surface area contributed by atoms with E-state index in [2.05, 4.69) is 0 Å². The van der Waals surface area contributed by atoms with Crippen LogP contribution in [-0.4, -0.2) is 0 Å². The van der Waals surface area contributed by atoms with Crippen molar-refractivity contribution in [2.45, 2.75) is 19.3 Å². The van der Waals surface area contributed by atoms with Gasteiger partial charge in [-0.3, -0.25) is 0 Å². The molecule has 72 valence electrons. The van der Waals surface area contributed by atoms with Crippen LogP contribution in [0.5, 0.6) is 0 Å². The number of hydrogen-bond donors (Lipinski definition) is 0. The average Bonchev–Trinajstić information content (AvgIpc) is 2.85. The maximum atomic E-state index is 9.16. The quantitative estimate of drug-likeness (QED) is 0.586. The van der Waals surface area contributed by atoms with E-state index in [1.54, 1.807) is 0 Å². The second-order valence-corrected chi connectivity index (χ2v) is 4.27. The van der Waals surface area contributed by atoms with Crippen LogP contribution in [0.1, 0.15) is 19.3 Å². The Balaban J connectivity index is 2.67. The van der Waals surface area contributed by atoms with E-state index in [1.807, 2.05) is 24.3 Å². The van der Waals surface area contributed by atoms with Gasteiger partial charge >= 0.3 is 0 Å². The third kappa shape index (κ3) is 0.743. The lowest BCUT2D eigenvalue weighted by atomic mass is 9.58. The molecule has 4 heteroatoms. The van der Waals surface area contributed by atoms with Gasteiger partial charge in [-0.25, -0.2) is 0 Å². The molecular formula is C11H8N4. The minimum Gasteiger partial charge on any atom is -0.196 e. The highest BCUT2D eigenvalue weighted by Crippen LogP contribution is 2.65. The van der Waals surface area contributed by atoms with Crippen molar-refractivity contribution in [3.05, 3.63) is 0 Å². The molecule has 2 fully saturated rings. The molecule has 0 aromatic heterocycles. The van der Waals surface area contributed by atoms with E-state index >= 15 is 0 Å². The van der Waals surface area contributed by atoms with E-state index in [9.17, 15) is 0 Å². The summed E-state index contributed by atoms with van der Waals surface area (Å²) >= 11 is 0. The maximum Gasteiger partial charge on any atom is 0.178 e. The van der Waals surface area contributed by atoms with Crippen LogP contribution in [-0.2, 0) is 0 Å². The summed E-state index contributed by atoms with van der Waals surface area (Å²) in [5.41, 5.74) is -2.81. The molecule has 0 amide bonds. The number of fused-ring (bicyclic) bond motifs is 2. The summed E-state index contributed by atoms with van der Waals surface area (Å²) in [4.78, 5) is 0. The molecule has 0 saturated heterocycles. The first-order chi connectivity index (χ1) is 7.20. The Morgan fingerprint density at radius 3 is 1.33 bits per heavy atom. The van der Waals surface area contributed by atoms with Gasteiger partial charge in [-0.1, -0.05) is 0 Å². The molecule has 0 spiro atoms. The smallest absolute Gasteiger partial charge is 0.178 e. The van der Waals surface area contributed by atoms with Crippen LogP contribution in [0.25, 0.3) is 0 Å². The molecule has 2 aliphatic rings. The van der Waals surface area contributed by atoms with E-state index in [0.29, 0.717) is 6.42 Å². The molecule has 0 N–H and O–H groups in total. The minimum absolute atomic E-state index is 0.100. The molecule has 0 aliphatic heterocycles. The lowest BCUT2D eigenvalue weighted by Gasteiger charge is -2.34. The van der Waals surface area contributed by atoms with E-state index in [1.165, 1.54) is 0 Å². The summed E-state index contributed by atoms with van der Waals surface area (Å²) in [6, 6.07) is 7.78. The molecule has 0 heterocycles. The van der Waals surface area contributed by atoms with Crippen LogP contribution < -0.4 is 0 Å². The molecule has 2 bridgehead atoms. The van der Waals surface area contributed by atoms with Crippen molar-refractivity contribution in [2.75, 3.05) is 0 Å². The Bertz CT molecular complexity index is 393. The van der Waals surface area contributed by atoms with Crippen LogP contribution in [0.15, 0.2) is 0 Å².